The molecule has 0 unspecified atom stereocenters. The number of benzene rings is 1. The molecule has 0 aliphatic rings. The smallest absolute Gasteiger partial charge is 0.267 e. The predicted molar refractivity (Wildman–Crippen MR) is 59.7 cm³/mol. The summed E-state index contributed by atoms with van der Waals surface area (Å²) in [7, 11) is 0. The van der Waals surface area contributed by atoms with Crippen LogP contribution in [0.3, 0.4) is 0 Å². The molecule has 0 saturated carbocycles. The zero-order valence-electron chi connectivity index (χ0n) is 8.40. The van der Waals surface area contributed by atoms with Crippen LogP contribution in [0.2, 0.25) is 0 Å². The minimum atomic E-state index is -0.423. The molecule has 1 aromatic carbocycles. The highest BCUT2D eigenvalue weighted by Gasteiger charge is 2.05. The van der Waals surface area contributed by atoms with Gasteiger partial charge in [0, 0.05) is 0 Å². The van der Waals surface area contributed by atoms with Gasteiger partial charge in [-0.2, -0.15) is 5.10 Å². The topological polar surface area (TPSA) is 50.7 Å². The molecule has 1 aromatic heterocycles. The van der Waals surface area contributed by atoms with Crippen molar-refractivity contribution in [2.45, 2.75) is 6.92 Å². The van der Waals surface area contributed by atoms with Crippen molar-refractivity contribution in [3.05, 3.63) is 50.9 Å². The number of nitrogens with one attached hydrogen (secondary N) is 1. The summed E-state index contributed by atoms with van der Waals surface area (Å²) >= 11 is 4.95. The van der Waals surface area contributed by atoms with E-state index >= 15 is 0 Å². The molecule has 16 heavy (non-hydrogen) atoms. The maximum atomic E-state index is 13.0. The molecule has 0 spiro atoms. The molecule has 0 bridgehead atoms. The van der Waals surface area contributed by atoms with Crippen LogP contribution < -0.4 is 5.56 Å². The number of aromatic amines is 1. The zero-order valence-corrected chi connectivity index (χ0v) is 9.21. The number of rotatable bonds is 1. The van der Waals surface area contributed by atoms with E-state index in [1.165, 1.54) is 22.8 Å². The second-order valence-electron chi connectivity index (χ2n) is 3.23. The molecular formula is C10H8FN3OS. The number of H-pyrrole nitrogens is 1. The van der Waals surface area contributed by atoms with Gasteiger partial charge in [-0.3, -0.25) is 14.5 Å². The second kappa shape index (κ2) is 3.97. The van der Waals surface area contributed by atoms with Crippen LogP contribution in [0.4, 0.5) is 4.39 Å². The Morgan fingerprint density at radius 3 is 2.94 bits per heavy atom. The Morgan fingerprint density at radius 2 is 2.25 bits per heavy atom. The van der Waals surface area contributed by atoms with Crippen molar-refractivity contribution < 1.29 is 4.39 Å². The lowest BCUT2D eigenvalue weighted by molar-refractivity contribution is 0.625. The number of halogens is 1. The normalized spacial score (nSPS) is 10.4. The average molecular weight is 237 g/mol. The van der Waals surface area contributed by atoms with Crippen LogP contribution in [0.25, 0.3) is 5.69 Å². The SMILES string of the molecule is Cc1n[nH]c(=S)n(-c2cccc(F)c2)c1=O. The molecule has 1 N–H and O–H groups in total. The molecule has 2 aromatic rings. The van der Waals surface area contributed by atoms with Gasteiger partial charge in [-0.25, -0.2) is 4.39 Å². The summed E-state index contributed by atoms with van der Waals surface area (Å²) in [5.41, 5.74) is 0.309. The molecule has 6 heteroatoms. The van der Waals surface area contributed by atoms with Crippen LogP contribution in [-0.2, 0) is 0 Å². The Morgan fingerprint density at radius 1 is 1.50 bits per heavy atom. The van der Waals surface area contributed by atoms with Gasteiger partial charge < -0.3 is 0 Å². The lowest BCUT2D eigenvalue weighted by Gasteiger charge is -2.05. The molecule has 0 radical (unpaired) electrons. The first kappa shape index (κ1) is 10.7. The number of aromatic nitrogens is 3. The quantitative estimate of drug-likeness (QED) is 0.768. The number of aryl methyl sites for hydroxylation is 1. The van der Waals surface area contributed by atoms with E-state index < -0.39 is 5.82 Å². The highest BCUT2D eigenvalue weighted by molar-refractivity contribution is 7.71. The minimum absolute atomic E-state index is 0.140. The number of hydrogen-bond donors (Lipinski definition) is 1. The Hall–Kier alpha value is -1.82. The van der Waals surface area contributed by atoms with Crippen LogP contribution in [0.5, 0.6) is 0 Å². The molecular weight excluding hydrogens is 229 g/mol. The van der Waals surface area contributed by atoms with Gasteiger partial charge in [-0.1, -0.05) is 6.07 Å². The second-order valence-corrected chi connectivity index (χ2v) is 3.62. The van der Waals surface area contributed by atoms with Gasteiger partial charge in [-0.05, 0) is 37.3 Å². The number of nitrogens with zero attached hydrogens (tertiary/aromatic N) is 2. The fourth-order valence-electron chi connectivity index (χ4n) is 1.33. The van der Waals surface area contributed by atoms with Gasteiger partial charge >= 0.3 is 0 Å². The van der Waals surface area contributed by atoms with E-state index in [-0.39, 0.29) is 16.0 Å². The van der Waals surface area contributed by atoms with Crippen molar-refractivity contribution in [1.29, 1.82) is 0 Å². The van der Waals surface area contributed by atoms with Crippen LogP contribution in [0, 0.1) is 17.5 Å². The van der Waals surface area contributed by atoms with Crippen molar-refractivity contribution in [3.63, 3.8) is 0 Å². The summed E-state index contributed by atoms with van der Waals surface area (Å²) in [5.74, 6) is -0.423. The molecule has 0 aliphatic heterocycles. The summed E-state index contributed by atoms with van der Waals surface area (Å²) in [6.07, 6.45) is 0. The fourth-order valence-corrected chi connectivity index (χ4v) is 1.57. The summed E-state index contributed by atoms with van der Waals surface area (Å²) in [5, 5.41) is 6.26. The van der Waals surface area contributed by atoms with Crippen molar-refractivity contribution in [3.8, 4) is 5.69 Å². The molecule has 4 nitrogen and oxygen atoms in total. The molecule has 2 rings (SSSR count). The standard InChI is InChI=1S/C10H8FN3OS/c1-6-9(15)14(10(16)13-12-6)8-4-2-3-7(11)5-8/h2-5H,1H3,(H,13,16). The Kier molecular flexibility index (Phi) is 2.66. The molecule has 0 fully saturated rings. The Bertz CT molecular complexity index is 647. The molecule has 0 amide bonds. The van der Waals surface area contributed by atoms with E-state index in [2.05, 4.69) is 10.2 Å². The molecule has 0 saturated heterocycles. The van der Waals surface area contributed by atoms with Crippen molar-refractivity contribution in [1.82, 2.24) is 14.8 Å². The first-order valence-corrected chi connectivity index (χ1v) is 4.94. The summed E-state index contributed by atoms with van der Waals surface area (Å²) in [6, 6.07) is 5.66. The molecule has 1 heterocycles. The zero-order chi connectivity index (χ0) is 11.7. The van der Waals surface area contributed by atoms with E-state index in [4.69, 9.17) is 12.2 Å². The largest absolute Gasteiger partial charge is 0.280 e. The Balaban J connectivity index is 2.79. The molecule has 0 atom stereocenters. The van der Waals surface area contributed by atoms with Gasteiger partial charge in [-0.15, -0.1) is 0 Å². The van der Waals surface area contributed by atoms with E-state index in [1.54, 1.807) is 13.0 Å². The predicted octanol–water partition coefficient (Wildman–Crippen LogP) is 1.74. The lowest BCUT2D eigenvalue weighted by Crippen LogP contribution is -2.24. The van der Waals surface area contributed by atoms with Crippen LogP contribution >= 0.6 is 12.2 Å². The molecule has 0 aliphatic carbocycles. The van der Waals surface area contributed by atoms with Gasteiger partial charge in [0.15, 0.2) is 0 Å². The summed E-state index contributed by atoms with van der Waals surface area (Å²) in [6.45, 7) is 1.56. The Labute approximate surface area is 95.4 Å². The van der Waals surface area contributed by atoms with Gasteiger partial charge in [0.2, 0.25) is 4.77 Å². The highest BCUT2D eigenvalue weighted by atomic mass is 32.1. The van der Waals surface area contributed by atoms with Gasteiger partial charge in [0.25, 0.3) is 5.56 Å². The van der Waals surface area contributed by atoms with Gasteiger partial charge in [0.05, 0.1) is 5.69 Å². The minimum Gasteiger partial charge on any atom is -0.267 e. The summed E-state index contributed by atoms with van der Waals surface area (Å²) in [4.78, 5) is 11.8. The number of hydrogen-bond acceptors (Lipinski definition) is 3. The maximum Gasteiger partial charge on any atom is 0.280 e. The van der Waals surface area contributed by atoms with Gasteiger partial charge in [0.1, 0.15) is 11.5 Å². The van der Waals surface area contributed by atoms with E-state index in [1.807, 2.05) is 0 Å². The highest BCUT2D eigenvalue weighted by Crippen LogP contribution is 2.07. The van der Waals surface area contributed by atoms with Crippen LogP contribution in [0.15, 0.2) is 29.1 Å². The monoisotopic (exact) mass is 237 g/mol. The van der Waals surface area contributed by atoms with E-state index in [0.717, 1.165) is 0 Å². The van der Waals surface area contributed by atoms with E-state index in [9.17, 15) is 9.18 Å². The summed E-state index contributed by atoms with van der Waals surface area (Å²) < 4.78 is 14.4. The lowest BCUT2D eigenvalue weighted by atomic mass is 10.3. The van der Waals surface area contributed by atoms with Crippen molar-refractivity contribution in [2.75, 3.05) is 0 Å². The van der Waals surface area contributed by atoms with Crippen molar-refractivity contribution >= 4 is 12.2 Å². The fraction of sp³-hybridized carbons (Fsp3) is 0.100. The third-order valence-corrected chi connectivity index (χ3v) is 2.38. The van der Waals surface area contributed by atoms with E-state index in [0.29, 0.717) is 5.69 Å². The average Bonchev–Trinajstić information content (AvgIpc) is 2.24. The third-order valence-electron chi connectivity index (χ3n) is 2.10. The molecule has 82 valence electrons. The first-order chi connectivity index (χ1) is 7.59. The van der Waals surface area contributed by atoms with Crippen LogP contribution in [0.1, 0.15) is 5.69 Å². The maximum absolute atomic E-state index is 13.0. The van der Waals surface area contributed by atoms with Crippen LogP contribution in [-0.4, -0.2) is 14.8 Å². The first-order valence-electron chi connectivity index (χ1n) is 4.54. The third kappa shape index (κ3) is 1.79. The van der Waals surface area contributed by atoms with Crippen molar-refractivity contribution in [2.24, 2.45) is 0 Å².